The normalized spacial score (nSPS) is 12.8. The largest absolute Gasteiger partial charge is 0.486 e. The number of primary amides is 1. The predicted molar refractivity (Wildman–Crippen MR) is 114 cm³/mol. The Morgan fingerprint density at radius 2 is 1.81 bits per heavy atom. The second kappa shape index (κ2) is 7.49. The van der Waals surface area contributed by atoms with Gasteiger partial charge in [0.2, 0.25) is 0 Å². The fourth-order valence-corrected chi connectivity index (χ4v) is 3.75. The Bertz CT molecular complexity index is 1430. The number of aromatic nitrogens is 4. The van der Waals surface area contributed by atoms with E-state index >= 15 is 0 Å². The molecule has 0 saturated heterocycles. The Labute approximate surface area is 180 Å². The molecular weight excluding hydrogens is 417 g/mol. The average molecular weight is 435 g/mol. The first-order valence-electron chi connectivity index (χ1n) is 9.97. The van der Waals surface area contributed by atoms with Gasteiger partial charge in [-0.05, 0) is 49.4 Å². The highest BCUT2D eigenvalue weighted by molar-refractivity contribution is 6.02. The van der Waals surface area contributed by atoms with Crippen molar-refractivity contribution in [3.05, 3.63) is 64.5 Å². The summed E-state index contributed by atoms with van der Waals surface area (Å²) in [5.74, 6) is 0.0733. The van der Waals surface area contributed by atoms with Crippen LogP contribution >= 0.6 is 0 Å². The minimum atomic E-state index is -0.797. The summed E-state index contributed by atoms with van der Waals surface area (Å²) in [6, 6.07) is 10.6. The van der Waals surface area contributed by atoms with Gasteiger partial charge < -0.3 is 15.2 Å². The van der Waals surface area contributed by atoms with Crippen LogP contribution in [0.25, 0.3) is 28.2 Å². The Kier molecular flexibility index (Phi) is 4.62. The molecule has 5 rings (SSSR count). The van der Waals surface area contributed by atoms with Crippen molar-refractivity contribution < 1.29 is 18.7 Å². The van der Waals surface area contributed by atoms with E-state index in [0.717, 1.165) is 0 Å². The zero-order valence-corrected chi connectivity index (χ0v) is 17.0. The third-order valence-corrected chi connectivity index (χ3v) is 5.20. The van der Waals surface area contributed by atoms with Gasteiger partial charge in [-0.1, -0.05) is 0 Å². The Balaban J connectivity index is 1.82. The Morgan fingerprint density at radius 1 is 1.09 bits per heavy atom. The summed E-state index contributed by atoms with van der Waals surface area (Å²) < 4.78 is 27.3. The van der Waals surface area contributed by atoms with Crippen molar-refractivity contribution in [3.8, 4) is 28.6 Å². The van der Waals surface area contributed by atoms with Crippen LogP contribution in [0.15, 0.2) is 47.3 Å². The van der Waals surface area contributed by atoms with Crippen LogP contribution in [0.5, 0.6) is 11.5 Å². The molecule has 0 bridgehead atoms. The summed E-state index contributed by atoms with van der Waals surface area (Å²) in [6.45, 7) is 2.88. The topological polar surface area (TPSA) is 114 Å². The predicted octanol–water partition coefficient (Wildman–Crippen LogP) is 2.28. The van der Waals surface area contributed by atoms with E-state index in [4.69, 9.17) is 15.2 Å². The number of fused-ring (bicyclic) bond motifs is 2. The van der Waals surface area contributed by atoms with E-state index in [1.165, 1.54) is 33.4 Å². The smallest absolute Gasteiger partial charge is 0.335 e. The molecule has 2 aromatic carbocycles. The van der Waals surface area contributed by atoms with Crippen LogP contribution in [0, 0.1) is 5.82 Å². The molecule has 2 N–H and O–H groups in total. The Morgan fingerprint density at radius 3 is 2.50 bits per heavy atom. The molecule has 0 unspecified atom stereocenters. The van der Waals surface area contributed by atoms with Gasteiger partial charge in [0, 0.05) is 12.1 Å². The molecule has 2 aromatic heterocycles. The molecule has 0 fully saturated rings. The van der Waals surface area contributed by atoms with E-state index in [2.05, 4.69) is 9.97 Å². The summed E-state index contributed by atoms with van der Waals surface area (Å²) >= 11 is 0. The maximum Gasteiger partial charge on any atom is 0.335 e. The number of hydrogen-bond donors (Lipinski definition) is 1. The zero-order chi connectivity index (χ0) is 22.4. The lowest BCUT2D eigenvalue weighted by molar-refractivity contribution is 0.0997. The van der Waals surface area contributed by atoms with Gasteiger partial charge in [-0.2, -0.15) is 0 Å². The number of ether oxygens (including phenoxy) is 2. The summed E-state index contributed by atoms with van der Waals surface area (Å²) in [5, 5.41) is 0. The van der Waals surface area contributed by atoms with Crippen LogP contribution in [-0.2, 0) is 6.54 Å². The molecule has 10 heteroatoms. The van der Waals surface area contributed by atoms with E-state index in [-0.39, 0.29) is 29.2 Å². The van der Waals surface area contributed by atoms with Crippen LogP contribution in [0.4, 0.5) is 4.39 Å². The minimum absolute atomic E-state index is 0.0836. The number of amides is 1. The van der Waals surface area contributed by atoms with Gasteiger partial charge in [-0.25, -0.2) is 23.7 Å². The van der Waals surface area contributed by atoms with Crippen molar-refractivity contribution in [1.82, 2.24) is 19.1 Å². The quantitative estimate of drug-likeness (QED) is 0.526. The van der Waals surface area contributed by atoms with Crippen LogP contribution in [0.2, 0.25) is 0 Å². The second-order valence-corrected chi connectivity index (χ2v) is 7.13. The van der Waals surface area contributed by atoms with Crippen LogP contribution in [0.3, 0.4) is 0 Å². The highest BCUT2D eigenvalue weighted by Crippen LogP contribution is 2.34. The molecule has 0 spiro atoms. The number of hydrogen-bond acceptors (Lipinski definition) is 6. The highest BCUT2D eigenvalue weighted by atomic mass is 19.1. The van der Waals surface area contributed by atoms with Crippen molar-refractivity contribution in [2.75, 3.05) is 13.2 Å². The molecule has 0 aliphatic carbocycles. The van der Waals surface area contributed by atoms with Gasteiger partial charge in [-0.3, -0.25) is 9.36 Å². The molecule has 0 saturated carbocycles. The molecule has 1 aliphatic rings. The average Bonchev–Trinajstić information content (AvgIpc) is 3.09. The number of imidazole rings is 1. The minimum Gasteiger partial charge on any atom is -0.486 e. The standard InChI is InChI=1S/C22H18FN5O4/c1-2-27-18-17(19(24)29)25-20(12-3-8-15-16(11-12)32-10-9-31-15)26-21(18)28(22(27)30)14-6-4-13(23)5-7-14/h3-8,11H,2,9-10H2,1H3,(H2,24,29). The van der Waals surface area contributed by atoms with Gasteiger partial charge in [0.1, 0.15) is 24.5 Å². The van der Waals surface area contributed by atoms with E-state index < -0.39 is 17.4 Å². The number of benzene rings is 2. The summed E-state index contributed by atoms with van der Waals surface area (Å²) in [5.41, 5.74) is 6.47. The fraction of sp³-hybridized carbons (Fsp3) is 0.182. The van der Waals surface area contributed by atoms with Gasteiger partial charge in [0.05, 0.1) is 5.69 Å². The maximum atomic E-state index is 13.5. The molecule has 1 aliphatic heterocycles. The Hall–Kier alpha value is -4.21. The first-order valence-corrected chi connectivity index (χ1v) is 9.97. The number of rotatable bonds is 4. The van der Waals surface area contributed by atoms with E-state index in [1.54, 1.807) is 25.1 Å². The number of nitrogens with zero attached hydrogens (tertiary/aromatic N) is 4. The molecule has 9 nitrogen and oxygen atoms in total. The van der Waals surface area contributed by atoms with E-state index in [1.807, 2.05) is 0 Å². The fourth-order valence-electron chi connectivity index (χ4n) is 3.75. The van der Waals surface area contributed by atoms with Crippen LogP contribution in [-0.4, -0.2) is 38.2 Å². The molecule has 0 radical (unpaired) electrons. The van der Waals surface area contributed by atoms with E-state index in [0.29, 0.717) is 36.0 Å². The van der Waals surface area contributed by atoms with Crippen molar-refractivity contribution in [3.63, 3.8) is 0 Å². The first-order chi connectivity index (χ1) is 15.5. The molecule has 0 atom stereocenters. The van der Waals surface area contributed by atoms with Gasteiger partial charge in [0.15, 0.2) is 28.7 Å². The molecule has 3 heterocycles. The lowest BCUT2D eigenvalue weighted by Gasteiger charge is -2.18. The number of carbonyl (C=O) groups is 1. The van der Waals surface area contributed by atoms with Crippen molar-refractivity contribution in [2.24, 2.45) is 5.73 Å². The zero-order valence-electron chi connectivity index (χ0n) is 17.0. The van der Waals surface area contributed by atoms with Crippen molar-refractivity contribution in [1.29, 1.82) is 0 Å². The third-order valence-electron chi connectivity index (χ3n) is 5.20. The third kappa shape index (κ3) is 3.08. The van der Waals surface area contributed by atoms with Gasteiger partial charge in [0.25, 0.3) is 5.91 Å². The summed E-state index contributed by atoms with van der Waals surface area (Å²) in [6.07, 6.45) is 0. The monoisotopic (exact) mass is 435 g/mol. The van der Waals surface area contributed by atoms with Crippen molar-refractivity contribution >= 4 is 17.1 Å². The van der Waals surface area contributed by atoms with Crippen molar-refractivity contribution in [2.45, 2.75) is 13.5 Å². The van der Waals surface area contributed by atoms with E-state index in [9.17, 15) is 14.0 Å². The van der Waals surface area contributed by atoms with Gasteiger partial charge in [-0.15, -0.1) is 0 Å². The summed E-state index contributed by atoms with van der Waals surface area (Å²) in [7, 11) is 0. The molecule has 4 aromatic rings. The van der Waals surface area contributed by atoms with Gasteiger partial charge >= 0.3 is 5.69 Å². The second-order valence-electron chi connectivity index (χ2n) is 7.13. The molecule has 162 valence electrons. The number of aryl methyl sites for hydroxylation is 1. The lowest BCUT2D eigenvalue weighted by atomic mass is 10.1. The molecular formula is C22H18FN5O4. The number of halogens is 1. The highest BCUT2D eigenvalue weighted by Gasteiger charge is 2.24. The van der Waals surface area contributed by atoms with Crippen LogP contribution in [0.1, 0.15) is 17.4 Å². The van der Waals surface area contributed by atoms with Crippen LogP contribution < -0.4 is 20.9 Å². The number of nitrogens with two attached hydrogens (primary N) is 1. The first kappa shape index (κ1) is 19.7. The maximum absolute atomic E-state index is 13.5. The molecule has 32 heavy (non-hydrogen) atoms. The molecule has 1 amide bonds. The lowest BCUT2D eigenvalue weighted by Crippen LogP contribution is -2.23. The summed E-state index contributed by atoms with van der Waals surface area (Å²) in [4.78, 5) is 34.5. The number of carbonyl (C=O) groups excluding carboxylic acids is 1. The SMILES string of the molecule is CCn1c(=O)n(-c2ccc(F)cc2)c2nc(-c3ccc4c(c3)OCCO4)nc(C(N)=O)c21.